The summed E-state index contributed by atoms with van der Waals surface area (Å²) in [5, 5.41) is 6.24. The van der Waals surface area contributed by atoms with E-state index in [4.69, 9.17) is 0 Å². The van der Waals surface area contributed by atoms with Gasteiger partial charge in [-0.1, -0.05) is 0 Å². The molecule has 1 atom stereocenters. The normalized spacial score (nSPS) is 19.4. The molecule has 0 bridgehead atoms. The molecule has 1 amide bonds. The topological polar surface area (TPSA) is 41.1 Å². The summed E-state index contributed by atoms with van der Waals surface area (Å²) in [7, 11) is 0. The number of thioether (sulfide) groups is 1. The standard InChI is InChI=1S/C12H16N2OS/c1-9(15)13-10-2-4-11(5-3-10)14-12-6-7-16-8-12/h2-5,12,14H,6-8H2,1H3,(H,13,15). The molecule has 86 valence electrons. The second-order valence-electron chi connectivity index (χ2n) is 3.96. The Hall–Kier alpha value is -1.16. The molecular formula is C12H16N2OS. The molecule has 3 nitrogen and oxygen atoms in total. The molecule has 1 saturated heterocycles. The number of carbonyl (C=O) groups is 1. The van der Waals surface area contributed by atoms with Crippen LogP contribution in [0.2, 0.25) is 0 Å². The summed E-state index contributed by atoms with van der Waals surface area (Å²) in [6.45, 7) is 1.52. The van der Waals surface area contributed by atoms with E-state index in [0.717, 1.165) is 11.4 Å². The zero-order chi connectivity index (χ0) is 11.4. The van der Waals surface area contributed by atoms with Crippen LogP contribution in [0.15, 0.2) is 24.3 Å². The van der Waals surface area contributed by atoms with E-state index in [0.29, 0.717) is 6.04 Å². The van der Waals surface area contributed by atoms with Gasteiger partial charge in [0, 0.05) is 30.1 Å². The second-order valence-corrected chi connectivity index (χ2v) is 5.11. The van der Waals surface area contributed by atoms with E-state index in [2.05, 4.69) is 10.6 Å². The maximum Gasteiger partial charge on any atom is 0.221 e. The van der Waals surface area contributed by atoms with Crippen molar-refractivity contribution in [2.45, 2.75) is 19.4 Å². The van der Waals surface area contributed by atoms with E-state index in [1.165, 1.54) is 24.9 Å². The highest BCUT2D eigenvalue weighted by molar-refractivity contribution is 7.99. The summed E-state index contributed by atoms with van der Waals surface area (Å²) in [5.41, 5.74) is 1.97. The van der Waals surface area contributed by atoms with Gasteiger partial charge in [0.25, 0.3) is 0 Å². The van der Waals surface area contributed by atoms with Gasteiger partial charge in [0.05, 0.1) is 0 Å². The fraction of sp³-hybridized carbons (Fsp3) is 0.417. The van der Waals surface area contributed by atoms with Crippen molar-refractivity contribution >= 4 is 29.0 Å². The van der Waals surface area contributed by atoms with E-state index < -0.39 is 0 Å². The van der Waals surface area contributed by atoms with Gasteiger partial charge in [0.1, 0.15) is 0 Å². The van der Waals surface area contributed by atoms with Crippen LogP contribution >= 0.6 is 11.8 Å². The minimum absolute atomic E-state index is 0.0343. The molecule has 0 saturated carbocycles. The van der Waals surface area contributed by atoms with Crippen LogP contribution in [0.25, 0.3) is 0 Å². The van der Waals surface area contributed by atoms with Crippen molar-refractivity contribution in [1.82, 2.24) is 0 Å². The molecule has 16 heavy (non-hydrogen) atoms. The lowest BCUT2D eigenvalue weighted by Gasteiger charge is -2.13. The Morgan fingerprint density at radius 1 is 1.31 bits per heavy atom. The first-order valence-electron chi connectivity index (χ1n) is 5.46. The molecule has 0 radical (unpaired) electrons. The number of amides is 1. The van der Waals surface area contributed by atoms with Gasteiger partial charge >= 0.3 is 0 Å². The van der Waals surface area contributed by atoms with E-state index in [1.807, 2.05) is 36.0 Å². The fourth-order valence-electron chi connectivity index (χ4n) is 1.74. The Kier molecular flexibility index (Phi) is 3.72. The smallest absolute Gasteiger partial charge is 0.221 e. The second kappa shape index (κ2) is 5.25. The van der Waals surface area contributed by atoms with Gasteiger partial charge in [-0.2, -0.15) is 11.8 Å². The van der Waals surface area contributed by atoms with Gasteiger partial charge < -0.3 is 10.6 Å². The maximum absolute atomic E-state index is 10.8. The van der Waals surface area contributed by atoms with E-state index in [1.54, 1.807) is 0 Å². The van der Waals surface area contributed by atoms with Crippen LogP contribution in [0.3, 0.4) is 0 Å². The monoisotopic (exact) mass is 236 g/mol. The van der Waals surface area contributed by atoms with E-state index in [9.17, 15) is 4.79 Å². The average molecular weight is 236 g/mol. The number of hydrogen-bond donors (Lipinski definition) is 2. The van der Waals surface area contributed by atoms with E-state index in [-0.39, 0.29) is 5.91 Å². The highest BCUT2D eigenvalue weighted by Gasteiger charge is 2.14. The van der Waals surface area contributed by atoms with Gasteiger partial charge in [-0.3, -0.25) is 4.79 Å². The maximum atomic E-state index is 10.8. The summed E-state index contributed by atoms with van der Waals surface area (Å²) < 4.78 is 0. The number of anilines is 2. The van der Waals surface area contributed by atoms with Crippen molar-refractivity contribution in [3.05, 3.63) is 24.3 Å². The molecular weight excluding hydrogens is 220 g/mol. The van der Waals surface area contributed by atoms with Gasteiger partial charge in [0.15, 0.2) is 0 Å². The van der Waals surface area contributed by atoms with Crippen molar-refractivity contribution in [1.29, 1.82) is 0 Å². The van der Waals surface area contributed by atoms with Crippen molar-refractivity contribution in [3.8, 4) is 0 Å². The zero-order valence-corrected chi connectivity index (χ0v) is 10.1. The first-order valence-corrected chi connectivity index (χ1v) is 6.61. The van der Waals surface area contributed by atoms with Crippen LogP contribution in [0.4, 0.5) is 11.4 Å². The van der Waals surface area contributed by atoms with Crippen LogP contribution in [-0.4, -0.2) is 23.5 Å². The minimum atomic E-state index is -0.0343. The molecule has 2 rings (SSSR count). The van der Waals surface area contributed by atoms with Crippen molar-refractivity contribution in [2.75, 3.05) is 22.1 Å². The lowest BCUT2D eigenvalue weighted by atomic mass is 10.2. The first-order chi connectivity index (χ1) is 7.74. The largest absolute Gasteiger partial charge is 0.381 e. The lowest BCUT2D eigenvalue weighted by Crippen LogP contribution is -2.17. The lowest BCUT2D eigenvalue weighted by molar-refractivity contribution is -0.114. The summed E-state index contributed by atoms with van der Waals surface area (Å²) in [6, 6.07) is 8.46. The Labute approximate surface area is 100.0 Å². The first kappa shape index (κ1) is 11.3. The van der Waals surface area contributed by atoms with Gasteiger partial charge in [-0.05, 0) is 36.4 Å². The number of hydrogen-bond acceptors (Lipinski definition) is 3. The average Bonchev–Trinajstić information content (AvgIpc) is 2.73. The highest BCUT2D eigenvalue weighted by atomic mass is 32.2. The van der Waals surface area contributed by atoms with Crippen LogP contribution in [-0.2, 0) is 4.79 Å². The molecule has 1 aromatic rings. The third kappa shape index (κ3) is 3.17. The summed E-state index contributed by atoms with van der Waals surface area (Å²) in [6.07, 6.45) is 1.23. The highest BCUT2D eigenvalue weighted by Crippen LogP contribution is 2.22. The van der Waals surface area contributed by atoms with Gasteiger partial charge in [-0.25, -0.2) is 0 Å². The number of carbonyl (C=O) groups excluding carboxylic acids is 1. The molecule has 1 fully saturated rings. The zero-order valence-electron chi connectivity index (χ0n) is 9.32. The molecule has 1 aromatic carbocycles. The van der Waals surface area contributed by atoms with Gasteiger partial charge in [-0.15, -0.1) is 0 Å². The molecule has 0 spiro atoms. The molecule has 1 unspecified atom stereocenters. The Morgan fingerprint density at radius 3 is 2.56 bits per heavy atom. The van der Waals surface area contributed by atoms with Gasteiger partial charge in [0.2, 0.25) is 5.91 Å². The van der Waals surface area contributed by atoms with E-state index >= 15 is 0 Å². The van der Waals surface area contributed by atoms with Crippen LogP contribution in [0.1, 0.15) is 13.3 Å². The molecule has 2 N–H and O–H groups in total. The molecule has 0 aromatic heterocycles. The molecule has 1 aliphatic heterocycles. The fourth-order valence-corrected chi connectivity index (χ4v) is 2.89. The quantitative estimate of drug-likeness (QED) is 0.847. The predicted molar refractivity (Wildman–Crippen MR) is 70.1 cm³/mol. The van der Waals surface area contributed by atoms with Crippen molar-refractivity contribution < 1.29 is 4.79 Å². The summed E-state index contributed by atoms with van der Waals surface area (Å²) >= 11 is 1.99. The Balaban J connectivity index is 1.93. The third-order valence-electron chi connectivity index (χ3n) is 2.51. The number of nitrogens with one attached hydrogen (secondary N) is 2. The summed E-state index contributed by atoms with van der Waals surface area (Å²) in [5.74, 6) is 2.41. The number of rotatable bonds is 3. The Morgan fingerprint density at radius 2 is 2.00 bits per heavy atom. The van der Waals surface area contributed by atoms with Crippen molar-refractivity contribution in [2.24, 2.45) is 0 Å². The third-order valence-corrected chi connectivity index (χ3v) is 3.67. The SMILES string of the molecule is CC(=O)Nc1ccc(NC2CCSC2)cc1. The predicted octanol–water partition coefficient (Wildman–Crippen LogP) is 2.56. The van der Waals surface area contributed by atoms with Crippen molar-refractivity contribution in [3.63, 3.8) is 0 Å². The number of benzene rings is 1. The molecule has 0 aliphatic carbocycles. The minimum Gasteiger partial charge on any atom is -0.381 e. The summed E-state index contributed by atoms with van der Waals surface area (Å²) in [4.78, 5) is 10.8. The molecule has 4 heteroatoms. The molecule has 1 aliphatic rings. The Bertz CT molecular complexity index is 358. The van der Waals surface area contributed by atoms with Crippen LogP contribution in [0.5, 0.6) is 0 Å². The van der Waals surface area contributed by atoms with Crippen LogP contribution < -0.4 is 10.6 Å². The van der Waals surface area contributed by atoms with Crippen LogP contribution in [0, 0.1) is 0 Å². The molecule has 1 heterocycles.